The van der Waals surface area contributed by atoms with Crippen LogP contribution in [-0.4, -0.2) is 20.8 Å². The number of amides is 1. The van der Waals surface area contributed by atoms with Gasteiger partial charge in [-0.1, -0.05) is 47.1 Å². The smallest absolute Gasteiger partial charge is 0.279 e. The molecule has 2 aromatic carbocycles. The van der Waals surface area contributed by atoms with E-state index in [1.54, 1.807) is 29.1 Å². The molecule has 0 unspecified atom stereocenters. The molecule has 0 saturated heterocycles. The highest BCUT2D eigenvalue weighted by molar-refractivity contribution is 9.10. The van der Waals surface area contributed by atoms with Crippen molar-refractivity contribution in [2.75, 3.05) is 5.32 Å². The Hall–Kier alpha value is -3.26. The van der Waals surface area contributed by atoms with Crippen molar-refractivity contribution in [2.24, 2.45) is 0 Å². The van der Waals surface area contributed by atoms with Crippen LogP contribution in [0.25, 0.3) is 11.3 Å². The fourth-order valence-corrected chi connectivity index (χ4v) is 3.16. The normalized spacial score (nSPS) is 10.9. The third-order valence-electron chi connectivity index (χ3n) is 4.29. The van der Waals surface area contributed by atoms with E-state index in [0.29, 0.717) is 22.6 Å². The fourth-order valence-electron chi connectivity index (χ4n) is 2.75. The van der Waals surface area contributed by atoms with Gasteiger partial charge in [0.15, 0.2) is 17.3 Å². The molecule has 146 valence electrons. The molecule has 1 amide bonds. The lowest BCUT2D eigenvalue weighted by atomic mass is 10.1. The number of nitrogens with one attached hydrogen (secondary N) is 1. The van der Waals surface area contributed by atoms with E-state index in [2.05, 4.69) is 31.5 Å². The van der Waals surface area contributed by atoms with Crippen LogP contribution in [0.15, 0.2) is 69.8 Å². The highest BCUT2D eigenvalue weighted by Crippen LogP contribution is 2.24. The van der Waals surface area contributed by atoms with Gasteiger partial charge in [-0.3, -0.25) is 9.48 Å². The summed E-state index contributed by atoms with van der Waals surface area (Å²) in [4.78, 5) is 12.5. The first-order chi connectivity index (χ1) is 14.0. The van der Waals surface area contributed by atoms with Crippen LogP contribution in [0.1, 0.15) is 21.6 Å². The molecule has 0 bridgehead atoms. The van der Waals surface area contributed by atoms with Gasteiger partial charge in [0, 0.05) is 17.8 Å². The molecule has 0 aliphatic rings. The molecular weight excluding hydrogens is 439 g/mol. The molecule has 0 radical (unpaired) electrons. The summed E-state index contributed by atoms with van der Waals surface area (Å²) in [6, 6.07) is 15.5. The number of aromatic nitrogens is 3. The van der Waals surface area contributed by atoms with Crippen LogP contribution in [-0.2, 0) is 6.54 Å². The van der Waals surface area contributed by atoms with Crippen LogP contribution in [0.4, 0.5) is 10.2 Å². The zero-order valence-electron chi connectivity index (χ0n) is 15.4. The molecule has 0 atom stereocenters. The Morgan fingerprint density at radius 1 is 1.17 bits per heavy atom. The zero-order chi connectivity index (χ0) is 20.4. The Kier molecular flexibility index (Phi) is 5.26. The molecule has 29 heavy (non-hydrogen) atoms. The number of hydrogen-bond acceptors (Lipinski definition) is 4. The summed E-state index contributed by atoms with van der Waals surface area (Å²) in [5.41, 5.74) is 3.01. The van der Waals surface area contributed by atoms with Gasteiger partial charge in [-0.15, -0.1) is 0 Å². The number of anilines is 1. The average molecular weight is 455 g/mol. The van der Waals surface area contributed by atoms with Crippen molar-refractivity contribution < 1.29 is 13.7 Å². The summed E-state index contributed by atoms with van der Waals surface area (Å²) >= 11 is 3.39. The Morgan fingerprint density at radius 3 is 2.62 bits per heavy atom. The first-order valence-corrected chi connectivity index (χ1v) is 9.60. The van der Waals surface area contributed by atoms with Crippen LogP contribution < -0.4 is 5.32 Å². The molecule has 0 saturated carbocycles. The van der Waals surface area contributed by atoms with Crippen LogP contribution in [0.5, 0.6) is 0 Å². The molecule has 4 aromatic rings. The predicted molar refractivity (Wildman–Crippen MR) is 110 cm³/mol. The van der Waals surface area contributed by atoms with Gasteiger partial charge in [0.1, 0.15) is 5.82 Å². The minimum Gasteiger partial charge on any atom is -0.355 e. The zero-order valence-corrected chi connectivity index (χ0v) is 17.0. The van der Waals surface area contributed by atoms with Crippen molar-refractivity contribution in [3.8, 4) is 11.3 Å². The summed E-state index contributed by atoms with van der Waals surface area (Å²) in [5, 5.41) is 10.9. The van der Waals surface area contributed by atoms with Gasteiger partial charge in [0.25, 0.3) is 5.91 Å². The Balaban J connectivity index is 1.46. The number of rotatable bonds is 5. The van der Waals surface area contributed by atoms with Gasteiger partial charge in [0.05, 0.1) is 11.0 Å². The number of carbonyl (C=O) groups is 1. The van der Waals surface area contributed by atoms with Crippen molar-refractivity contribution >= 4 is 27.7 Å². The van der Waals surface area contributed by atoms with E-state index in [1.165, 1.54) is 12.1 Å². The van der Waals surface area contributed by atoms with Crippen LogP contribution in [0, 0.1) is 12.7 Å². The third kappa shape index (κ3) is 4.43. The Morgan fingerprint density at radius 2 is 1.90 bits per heavy atom. The maximum absolute atomic E-state index is 13.0. The largest absolute Gasteiger partial charge is 0.355 e. The van der Waals surface area contributed by atoms with Gasteiger partial charge in [-0.05, 0) is 40.5 Å². The summed E-state index contributed by atoms with van der Waals surface area (Å²) in [5.74, 6) is 0.147. The predicted octanol–water partition coefficient (Wildman–Crippen LogP) is 5.05. The number of aryl methyl sites for hydroxylation is 1. The molecule has 2 heterocycles. The Bertz CT molecular complexity index is 1150. The third-order valence-corrected chi connectivity index (χ3v) is 4.87. The minimum atomic E-state index is -0.431. The van der Waals surface area contributed by atoms with E-state index in [4.69, 9.17) is 4.52 Å². The van der Waals surface area contributed by atoms with Crippen molar-refractivity contribution in [2.45, 2.75) is 13.5 Å². The standard InChI is InChI=1S/C21H16BrFN4O2/c1-13-2-6-15(7-3-13)19-10-18(26-29-19)21(28)24-20-17(22)12-27(25-20)11-14-4-8-16(23)9-5-14/h2-10,12H,11H2,1H3,(H,24,25,28). The fraction of sp³-hybridized carbons (Fsp3) is 0.0952. The second-order valence-corrected chi connectivity index (χ2v) is 7.40. The summed E-state index contributed by atoms with van der Waals surface area (Å²) in [6.07, 6.45) is 1.74. The summed E-state index contributed by atoms with van der Waals surface area (Å²) in [7, 11) is 0. The van der Waals surface area contributed by atoms with Crippen LogP contribution >= 0.6 is 15.9 Å². The molecule has 0 aliphatic carbocycles. The highest BCUT2D eigenvalue weighted by Gasteiger charge is 2.17. The lowest BCUT2D eigenvalue weighted by Crippen LogP contribution is -2.13. The molecule has 0 aliphatic heterocycles. The van der Waals surface area contributed by atoms with E-state index < -0.39 is 5.91 Å². The quantitative estimate of drug-likeness (QED) is 0.457. The number of benzene rings is 2. The first kappa shape index (κ1) is 19.1. The van der Waals surface area contributed by atoms with Crippen molar-refractivity contribution in [1.29, 1.82) is 0 Å². The van der Waals surface area contributed by atoms with Gasteiger partial charge in [-0.25, -0.2) is 4.39 Å². The van der Waals surface area contributed by atoms with Gasteiger partial charge >= 0.3 is 0 Å². The van der Waals surface area contributed by atoms with Crippen molar-refractivity contribution in [1.82, 2.24) is 14.9 Å². The van der Waals surface area contributed by atoms with E-state index in [-0.39, 0.29) is 11.5 Å². The van der Waals surface area contributed by atoms with Gasteiger partial charge in [-0.2, -0.15) is 5.10 Å². The second-order valence-electron chi connectivity index (χ2n) is 6.55. The number of nitrogens with zero attached hydrogens (tertiary/aromatic N) is 3. The molecule has 1 N–H and O–H groups in total. The lowest BCUT2D eigenvalue weighted by Gasteiger charge is -2.02. The molecule has 4 rings (SSSR count). The molecular formula is C21H16BrFN4O2. The van der Waals surface area contributed by atoms with Gasteiger partial charge < -0.3 is 9.84 Å². The van der Waals surface area contributed by atoms with E-state index in [1.807, 2.05) is 31.2 Å². The molecule has 2 aromatic heterocycles. The summed E-state index contributed by atoms with van der Waals surface area (Å²) in [6.45, 7) is 2.44. The first-order valence-electron chi connectivity index (χ1n) is 8.80. The number of halogens is 2. The number of carbonyl (C=O) groups excluding carboxylic acids is 1. The van der Waals surface area contributed by atoms with Crippen LogP contribution in [0.3, 0.4) is 0 Å². The maximum atomic E-state index is 13.0. The topological polar surface area (TPSA) is 73.0 Å². The maximum Gasteiger partial charge on any atom is 0.279 e. The van der Waals surface area contributed by atoms with Crippen molar-refractivity contribution in [3.63, 3.8) is 0 Å². The van der Waals surface area contributed by atoms with E-state index in [0.717, 1.165) is 16.7 Å². The highest BCUT2D eigenvalue weighted by atomic mass is 79.9. The van der Waals surface area contributed by atoms with E-state index in [9.17, 15) is 9.18 Å². The molecule has 8 heteroatoms. The minimum absolute atomic E-state index is 0.153. The Labute approximate surface area is 174 Å². The average Bonchev–Trinajstić information content (AvgIpc) is 3.32. The van der Waals surface area contributed by atoms with Crippen LogP contribution in [0.2, 0.25) is 0 Å². The number of hydrogen-bond donors (Lipinski definition) is 1. The SMILES string of the molecule is Cc1ccc(-c2cc(C(=O)Nc3nn(Cc4ccc(F)cc4)cc3Br)no2)cc1. The van der Waals surface area contributed by atoms with Crippen molar-refractivity contribution in [3.05, 3.63) is 87.9 Å². The summed E-state index contributed by atoms with van der Waals surface area (Å²) < 4.78 is 20.6. The molecule has 0 fully saturated rings. The molecule has 0 spiro atoms. The lowest BCUT2D eigenvalue weighted by molar-refractivity contribution is 0.101. The molecule has 6 nitrogen and oxygen atoms in total. The second kappa shape index (κ2) is 8.00. The van der Waals surface area contributed by atoms with Gasteiger partial charge in [0.2, 0.25) is 0 Å². The monoisotopic (exact) mass is 454 g/mol. The van der Waals surface area contributed by atoms with E-state index >= 15 is 0 Å².